The molecule has 1 unspecified atom stereocenters. The highest BCUT2D eigenvalue weighted by Gasteiger charge is 2.20. The van der Waals surface area contributed by atoms with Crippen LogP contribution in [0.2, 0.25) is 0 Å². The Bertz CT molecular complexity index is 158. The van der Waals surface area contributed by atoms with Gasteiger partial charge in [-0.2, -0.15) is 0 Å². The summed E-state index contributed by atoms with van der Waals surface area (Å²) in [5.74, 6) is 0. The summed E-state index contributed by atoms with van der Waals surface area (Å²) >= 11 is 0. The smallest absolute Gasteiger partial charge is 0.154 e. The van der Waals surface area contributed by atoms with E-state index in [4.69, 9.17) is 0 Å². The average molecular weight is 125 g/mol. The van der Waals surface area contributed by atoms with E-state index in [0.29, 0.717) is 0 Å². The van der Waals surface area contributed by atoms with E-state index in [1.807, 2.05) is 25.4 Å². The van der Waals surface area contributed by atoms with Gasteiger partial charge in [-0.1, -0.05) is 6.08 Å². The van der Waals surface area contributed by atoms with Crippen molar-refractivity contribution in [1.82, 2.24) is 4.90 Å². The Morgan fingerprint density at radius 1 is 1.44 bits per heavy atom. The first-order valence-corrected chi connectivity index (χ1v) is 2.94. The quantitative estimate of drug-likeness (QED) is 0.515. The molecule has 0 bridgehead atoms. The van der Waals surface area contributed by atoms with Crippen molar-refractivity contribution < 1.29 is 5.11 Å². The SMILES string of the molecule is CN1C=CC=CC1(C)O. The number of rotatable bonds is 0. The average Bonchev–Trinajstić information content (AvgIpc) is 1.77. The first kappa shape index (κ1) is 6.36. The second-order valence-corrected chi connectivity index (χ2v) is 2.41. The minimum absolute atomic E-state index is 0.797. The van der Waals surface area contributed by atoms with Crippen LogP contribution < -0.4 is 0 Å². The molecule has 0 saturated heterocycles. The molecule has 0 spiro atoms. The van der Waals surface area contributed by atoms with E-state index in [9.17, 15) is 5.11 Å². The Labute approximate surface area is 55.1 Å². The minimum Gasteiger partial charge on any atom is -0.368 e. The molecule has 9 heavy (non-hydrogen) atoms. The van der Waals surface area contributed by atoms with E-state index in [1.165, 1.54) is 0 Å². The lowest BCUT2D eigenvalue weighted by molar-refractivity contribution is -0.00875. The summed E-state index contributed by atoms with van der Waals surface area (Å²) in [5, 5.41) is 9.43. The van der Waals surface area contributed by atoms with E-state index in [0.717, 1.165) is 0 Å². The molecular weight excluding hydrogens is 114 g/mol. The summed E-state index contributed by atoms with van der Waals surface area (Å²) in [6.07, 6.45) is 7.30. The Morgan fingerprint density at radius 3 is 2.44 bits per heavy atom. The van der Waals surface area contributed by atoms with Gasteiger partial charge in [0.1, 0.15) is 0 Å². The van der Waals surface area contributed by atoms with Crippen molar-refractivity contribution in [2.75, 3.05) is 7.05 Å². The van der Waals surface area contributed by atoms with Crippen LogP contribution in [0.4, 0.5) is 0 Å². The monoisotopic (exact) mass is 125 g/mol. The predicted molar refractivity (Wildman–Crippen MR) is 36.7 cm³/mol. The highest BCUT2D eigenvalue weighted by atomic mass is 16.3. The molecule has 1 N–H and O–H groups in total. The molecule has 2 nitrogen and oxygen atoms in total. The molecule has 1 rings (SSSR count). The number of nitrogens with zero attached hydrogens (tertiary/aromatic N) is 1. The van der Waals surface area contributed by atoms with E-state index >= 15 is 0 Å². The third-order valence-electron chi connectivity index (χ3n) is 1.55. The molecule has 0 fully saturated rings. The normalized spacial score (nSPS) is 33.4. The van der Waals surface area contributed by atoms with Crippen molar-refractivity contribution >= 4 is 0 Å². The van der Waals surface area contributed by atoms with Crippen LogP contribution in [0.1, 0.15) is 6.92 Å². The molecule has 0 aromatic heterocycles. The van der Waals surface area contributed by atoms with Gasteiger partial charge in [0.2, 0.25) is 0 Å². The highest BCUT2D eigenvalue weighted by molar-refractivity contribution is 5.14. The van der Waals surface area contributed by atoms with E-state index in [2.05, 4.69) is 0 Å². The van der Waals surface area contributed by atoms with Crippen molar-refractivity contribution in [3.05, 3.63) is 24.4 Å². The number of likely N-dealkylation sites (N-methyl/N-ethyl adjacent to an activating group) is 1. The van der Waals surface area contributed by atoms with E-state index in [-0.39, 0.29) is 0 Å². The maximum atomic E-state index is 9.43. The van der Waals surface area contributed by atoms with Crippen LogP contribution in [0.25, 0.3) is 0 Å². The van der Waals surface area contributed by atoms with Crippen LogP contribution in [0, 0.1) is 0 Å². The predicted octanol–water partition coefficient (Wildman–Crippen LogP) is 0.710. The molecule has 0 aliphatic carbocycles. The van der Waals surface area contributed by atoms with Gasteiger partial charge >= 0.3 is 0 Å². The van der Waals surface area contributed by atoms with Crippen molar-refractivity contribution in [2.45, 2.75) is 12.6 Å². The van der Waals surface area contributed by atoms with Crippen LogP contribution in [-0.2, 0) is 0 Å². The zero-order valence-electron chi connectivity index (χ0n) is 5.70. The molecule has 1 atom stereocenters. The second kappa shape index (κ2) is 1.88. The molecule has 0 aromatic rings. The van der Waals surface area contributed by atoms with E-state index < -0.39 is 5.72 Å². The Hall–Kier alpha value is -0.760. The molecule has 0 aromatic carbocycles. The van der Waals surface area contributed by atoms with Crippen molar-refractivity contribution in [2.24, 2.45) is 0 Å². The lowest BCUT2D eigenvalue weighted by atomic mass is 10.2. The van der Waals surface area contributed by atoms with Gasteiger partial charge in [-0.05, 0) is 19.1 Å². The Balaban J connectivity index is 2.78. The summed E-state index contributed by atoms with van der Waals surface area (Å²) in [7, 11) is 1.83. The molecule has 0 saturated carbocycles. The van der Waals surface area contributed by atoms with Crippen molar-refractivity contribution in [3.8, 4) is 0 Å². The highest BCUT2D eigenvalue weighted by Crippen LogP contribution is 2.14. The first-order chi connectivity index (χ1) is 4.13. The fourth-order valence-electron chi connectivity index (χ4n) is 0.685. The van der Waals surface area contributed by atoms with Crippen molar-refractivity contribution in [3.63, 3.8) is 0 Å². The zero-order valence-corrected chi connectivity index (χ0v) is 5.70. The van der Waals surface area contributed by atoms with Gasteiger partial charge in [0.05, 0.1) is 0 Å². The fraction of sp³-hybridized carbons (Fsp3) is 0.429. The largest absolute Gasteiger partial charge is 0.368 e. The van der Waals surface area contributed by atoms with Gasteiger partial charge in [0, 0.05) is 13.2 Å². The van der Waals surface area contributed by atoms with E-state index in [1.54, 1.807) is 17.9 Å². The summed E-state index contributed by atoms with van der Waals surface area (Å²) in [5.41, 5.74) is -0.797. The number of aliphatic hydroxyl groups is 1. The molecule has 1 heterocycles. The van der Waals surface area contributed by atoms with Crippen LogP contribution in [-0.4, -0.2) is 22.8 Å². The first-order valence-electron chi connectivity index (χ1n) is 2.94. The van der Waals surface area contributed by atoms with Crippen molar-refractivity contribution in [1.29, 1.82) is 0 Å². The Morgan fingerprint density at radius 2 is 2.11 bits per heavy atom. The summed E-state index contributed by atoms with van der Waals surface area (Å²) < 4.78 is 0. The van der Waals surface area contributed by atoms with Crippen LogP contribution in [0.5, 0.6) is 0 Å². The van der Waals surface area contributed by atoms with Crippen LogP contribution in [0.3, 0.4) is 0 Å². The number of allylic oxidation sites excluding steroid dienone is 2. The lowest BCUT2D eigenvalue weighted by Crippen LogP contribution is -2.39. The van der Waals surface area contributed by atoms with Crippen LogP contribution in [0.15, 0.2) is 24.4 Å². The molecule has 1 aliphatic heterocycles. The molecule has 0 amide bonds. The number of hydrogen-bond donors (Lipinski definition) is 1. The zero-order chi connectivity index (χ0) is 6.91. The Kier molecular flexibility index (Phi) is 1.33. The second-order valence-electron chi connectivity index (χ2n) is 2.41. The van der Waals surface area contributed by atoms with Crippen LogP contribution >= 0.6 is 0 Å². The molecule has 50 valence electrons. The lowest BCUT2D eigenvalue weighted by Gasteiger charge is -2.31. The standard InChI is InChI=1S/C7H11NO/c1-7(9)5-3-4-6-8(7)2/h3-6,9H,1-2H3. The molecule has 2 heteroatoms. The summed E-state index contributed by atoms with van der Waals surface area (Å²) in [6, 6.07) is 0. The minimum atomic E-state index is -0.797. The summed E-state index contributed by atoms with van der Waals surface area (Å²) in [6.45, 7) is 1.74. The van der Waals surface area contributed by atoms with Gasteiger partial charge in [-0.3, -0.25) is 0 Å². The molecular formula is C7H11NO. The topological polar surface area (TPSA) is 23.5 Å². The maximum Gasteiger partial charge on any atom is 0.154 e. The summed E-state index contributed by atoms with van der Waals surface area (Å²) in [4.78, 5) is 1.74. The third kappa shape index (κ3) is 1.13. The van der Waals surface area contributed by atoms with Gasteiger partial charge in [-0.15, -0.1) is 0 Å². The van der Waals surface area contributed by atoms with Gasteiger partial charge < -0.3 is 10.0 Å². The van der Waals surface area contributed by atoms with Gasteiger partial charge in [0.15, 0.2) is 5.72 Å². The van der Waals surface area contributed by atoms with Gasteiger partial charge in [0.25, 0.3) is 0 Å². The number of hydrogen-bond acceptors (Lipinski definition) is 2. The fourth-order valence-corrected chi connectivity index (χ4v) is 0.685. The van der Waals surface area contributed by atoms with Gasteiger partial charge in [-0.25, -0.2) is 0 Å². The maximum absolute atomic E-state index is 9.43. The molecule has 1 aliphatic rings. The molecule has 0 radical (unpaired) electrons. The third-order valence-corrected chi connectivity index (χ3v) is 1.55.